The molecule has 2 heterocycles. The van der Waals surface area contributed by atoms with E-state index in [1.807, 2.05) is 26.0 Å². The van der Waals surface area contributed by atoms with E-state index in [1.54, 1.807) is 16.8 Å². The van der Waals surface area contributed by atoms with E-state index in [0.29, 0.717) is 14.8 Å². The number of benzene rings is 1. The van der Waals surface area contributed by atoms with Gasteiger partial charge < -0.3 is 9.47 Å². The van der Waals surface area contributed by atoms with Crippen molar-refractivity contribution in [1.82, 2.24) is 4.68 Å². The van der Waals surface area contributed by atoms with Crippen LogP contribution in [0.25, 0.3) is 6.08 Å². The standard InChI is InChI=1S/C18H16F2N2O3S2/c1-10-4-5-11(2)21(10)22-16(23)15(27-18(22)26)9-12-6-7-13(25-17(19)20)14(8-12)24-3/h4-9,17H,1-3H3/b15-9-. The molecule has 0 saturated carbocycles. The molecule has 9 heteroatoms. The monoisotopic (exact) mass is 410 g/mol. The van der Waals surface area contributed by atoms with E-state index in [9.17, 15) is 13.6 Å². The van der Waals surface area contributed by atoms with E-state index in [-0.39, 0.29) is 17.4 Å². The molecule has 27 heavy (non-hydrogen) atoms. The maximum absolute atomic E-state index is 12.9. The highest BCUT2D eigenvalue weighted by atomic mass is 32.2. The Kier molecular flexibility index (Phi) is 5.52. The van der Waals surface area contributed by atoms with Crippen molar-refractivity contribution in [3.05, 3.63) is 52.2 Å². The number of nitrogens with zero attached hydrogens (tertiary/aromatic N) is 2. The second-order valence-corrected chi connectivity index (χ2v) is 7.39. The first kappa shape index (κ1) is 19.4. The molecule has 0 N–H and O–H groups in total. The molecule has 0 atom stereocenters. The van der Waals surface area contributed by atoms with E-state index in [4.69, 9.17) is 17.0 Å². The number of aryl methyl sites for hydroxylation is 2. The predicted octanol–water partition coefficient (Wildman–Crippen LogP) is 4.25. The molecule has 142 valence electrons. The molecule has 1 amide bonds. The molecule has 5 nitrogen and oxygen atoms in total. The van der Waals surface area contributed by atoms with Crippen molar-refractivity contribution in [2.24, 2.45) is 0 Å². The lowest BCUT2D eigenvalue weighted by Crippen LogP contribution is -2.39. The van der Waals surface area contributed by atoms with Gasteiger partial charge in [0, 0.05) is 11.4 Å². The number of methoxy groups -OCH3 is 1. The van der Waals surface area contributed by atoms with Gasteiger partial charge in [0.1, 0.15) is 0 Å². The smallest absolute Gasteiger partial charge is 0.387 e. The van der Waals surface area contributed by atoms with Gasteiger partial charge in [-0.2, -0.15) is 13.8 Å². The molecule has 1 aromatic carbocycles. The first-order chi connectivity index (χ1) is 12.8. The van der Waals surface area contributed by atoms with Gasteiger partial charge in [0.25, 0.3) is 5.91 Å². The number of carbonyl (C=O) groups is 1. The molecule has 1 aromatic heterocycles. The van der Waals surface area contributed by atoms with Crippen molar-refractivity contribution < 1.29 is 23.0 Å². The summed E-state index contributed by atoms with van der Waals surface area (Å²) in [5, 5.41) is 1.45. The number of hydrogen-bond donors (Lipinski definition) is 0. The zero-order chi connectivity index (χ0) is 19.7. The summed E-state index contributed by atoms with van der Waals surface area (Å²) in [4.78, 5) is 13.3. The zero-order valence-electron chi connectivity index (χ0n) is 14.7. The minimum absolute atomic E-state index is 0.0733. The number of halogens is 2. The molecule has 0 aliphatic carbocycles. The van der Waals surface area contributed by atoms with Crippen molar-refractivity contribution in [2.45, 2.75) is 20.5 Å². The number of rotatable bonds is 5. The number of thioether (sulfide) groups is 1. The lowest BCUT2D eigenvalue weighted by atomic mass is 10.2. The summed E-state index contributed by atoms with van der Waals surface area (Å²) in [5.74, 6) is -0.174. The molecule has 2 aromatic rings. The van der Waals surface area contributed by atoms with Gasteiger partial charge in [-0.25, -0.2) is 0 Å². The van der Waals surface area contributed by atoms with Gasteiger partial charge >= 0.3 is 6.61 Å². The van der Waals surface area contributed by atoms with Crippen LogP contribution in [0.3, 0.4) is 0 Å². The Morgan fingerprint density at radius 1 is 1.15 bits per heavy atom. The average molecular weight is 410 g/mol. The highest BCUT2D eigenvalue weighted by molar-refractivity contribution is 8.27. The first-order valence-electron chi connectivity index (χ1n) is 7.88. The topological polar surface area (TPSA) is 43.7 Å². The fourth-order valence-corrected chi connectivity index (χ4v) is 3.97. The Labute approximate surface area is 164 Å². The fourth-order valence-electron chi connectivity index (χ4n) is 2.73. The van der Waals surface area contributed by atoms with Crippen molar-refractivity contribution in [3.8, 4) is 11.5 Å². The minimum Gasteiger partial charge on any atom is -0.493 e. The summed E-state index contributed by atoms with van der Waals surface area (Å²) >= 11 is 6.55. The number of aromatic nitrogens is 1. The zero-order valence-corrected chi connectivity index (χ0v) is 16.4. The number of carbonyl (C=O) groups excluding carboxylic acids is 1. The van der Waals surface area contributed by atoms with Crippen molar-refractivity contribution in [1.29, 1.82) is 0 Å². The maximum Gasteiger partial charge on any atom is 0.387 e. The van der Waals surface area contributed by atoms with Gasteiger partial charge in [-0.1, -0.05) is 17.8 Å². The van der Waals surface area contributed by atoms with Gasteiger partial charge in [-0.15, -0.1) is 0 Å². The van der Waals surface area contributed by atoms with Crippen LogP contribution in [-0.4, -0.2) is 28.6 Å². The first-order valence-corrected chi connectivity index (χ1v) is 9.10. The maximum atomic E-state index is 12.9. The lowest BCUT2D eigenvalue weighted by molar-refractivity contribution is -0.114. The van der Waals surface area contributed by atoms with Gasteiger partial charge in [0.05, 0.1) is 12.0 Å². The van der Waals surface area contributed by atoms with Gasteiger partial charge in [-0.05, 0) is 62.0 Å². The highest BCUT2D eigenvalue weighted by Crippen LogP contribution is 2.35. The Morgan fingerprint density at radius 3 is 2.41 bits per heavy atom. The molecule has 1 saturated heterocycles. The van der Waals surface area contributed by atoms with E-state index < -0.39 is 6.61 Å². The van der Waals surface area contributed by atoms with Crippen molar-refractivity contribution in [3.63, 3.8) is 0 Å². The SMILES string of the molecule is COc1cc(/C=C2\SC(=S)N(n3c(C)ccc3C)C2=O)ccc1OC(F)F. The summed E-state index contributed by atoms with van der Waals surface area (Å²) in [6.45, 7) is 0.832. The van der Waals surface area contributed by atoms with Crippen LogP contribution in [0.2, 0.25) is 0 Å². The van der Waals surface area contributed by atoms with E-state index in [1.165, 1.54) is 36.0 Å². The minimum atomic E-state index is -2.95. The lowest BCUT2D eigenvalue weighted by Gasteiger charge is -2.20. The van der Waals surface area contributed by atoms with E-state index in [2.05, 4.69) is 4.74 Å². The number of alkyl halides is 2. The van der Waals surface area contributed by atoms with Crippen LogP contribution in [0.1, 0.15) is 17.0 Å². The number of amides is 1. The van der Waals surface area contributed by atoms with Gasteiger partial charge in [0.2, 0.25) is 0 Å². The molecule has 0 unspecified atom stereocenters. The summed E-state index contributed by atoms with van der Waals surface area (Å²) in [7, 11) is 1.36. The normalized spacial score (nSPS) is 15.9. The Morgan fingerprint density at radius 2 is 1.81 bits per heavy atom. The fraction of sp³-hybridized carbons (Fsp3) is 0.222. The highest BCUT2D eigenvalue weighted by Gasteiger charge is 2.34. The second-order valence-electron chi connectivity index (χ2n) is 5.71. The van der Waals surface area contributed by atoms with Gasteiger partial charge in [-0.3, -0.25) is 9.47 Å². The largest absolute Gasteiger partial charge is 0.493 e. The molecule has 0 bridgehead atoms. The molecular weight excluding hydrogens is 394 g/mol. The number of hydrogen-bond acceptors (Lipinski definition) is 5. The molecule has 1 aliphatic heterocycles. The van der Waals surface area contributed by atoms with E-state index >= 15 is 0 Å². The summed E-state index contributed by atoms with van der Waals surface area (Å²) < 4.78 is 36.6. The number of thiocarbonyl (C=S) groups is 1. The van der Waals surface area contributed by atoms with E-state index in [0.717, 1.165) is 11.4 Å². The summed E-state index contributed by atoms with van der Waals surface area (Å²) in [6, 6.07) is 8.28. The Bertz CT molecular complexity index is 921. The van der Waals surface area contributed by atoms with Crippen LogP contribution in [-0.2, 0) is 4.79 Å². The Balaban J connectivity index is 1.92. The van der Waals surface area contributed by atoms with Crippen molar-refractivity contribution >= 4 is 40.3 Å². The second kappa shape index (κ2) is 7.69. The summed E-state index contributed by atoms with van der Waals surface area (Å²) in [6.07, 6.45) is 1.64. The van der Waals surface area contributed by atoms with Crippen LogP contribution < -0.4 is 14.5 Å². The molecule has 0 radical (unpaired) electrons. The molecule has 1 fully saturated rings. The van der Waals surface area contributed by atoms with Gasteiger partial charge in [0.15, 0.2) is 15.8 Å². The summed E-state index contributed by atoms with van der Waals surface area (Å²) in [5.41, 5.74) is 2.38. The van der Waals surface area contributed by atoms with Crippen molar-refractivity contribution in [2.75, 3.05) is 12.1 Å². The van der Waals surface area contributed by atoms with Crippen LogP contribution in [0, 0.1) is 13.8 Å². The third kappa shape index (κ3) is 3.84. The predicted molar refractivity (Wildman–Crippen MR) is 105 cm³/mol. The van der Waals surface area contributed by atoms with Crippen LogP contribution >= 0.6 is 24.0 Å². The number of ether oxygens (including phenoxy) is 2. The molecule has 3 rings (SSSR count). The third-order valence-corrected chi connectivity index (χ3v) is 5.19. The quantitative estimate of drug-likeness (QED) is 0.545. The average Bonchev–Trinajstić information content (AvgIpc) is 3.07. The molecular formula is C18H16F2N2O3S2. The molecule has 1 aliphatic rings. The Hall–Kier alpha value is -2.39. The van der Waals surface area contributed by atoms with Crippen LogP contribution in [0.15, 0.2) is 35.2 Å². The van der Waals surface area contributed by atoms with Crippen LogP contribution in [0.5, 0.6) is 11.5 Å². The molecule has 0 spiro atoms. The third-order valence-electron chi connectivity index (χ3n) is 3.91. The van der Waals surface area contributed by atoms with Crippen LogP contribution in [0.4, 0.5) is 8.78 Å².